The van der Waals surface area contributed by atoms with Gasteiger partial charge in [0.15, 0.2) is 0 Å². The fourth-order valence-electron chi connectivity index (χ4n) is 1.60. The standard InChI is InChI=1S/C12H16N2S/c1-2-13-8-12-4-3-6-14(12)9-11-5-7-15-10-11/h3-7,10,13H,2,8-9H2,1H3. The maximum absolute atomic E-state index is 3.35. The summed E-state index contributed by atoms with van der Waals surface area (Å²) >= 11 is 1.76. The first kappa shape index (κ1) is 10.5. The van der Waals surface area contributed by atoms with Crippen molar-refractivity contribution in [1.29, 1.82) is 0 Å². The van der Waals surface area contributed by atoms with Crippen molar-refractivity contribution in [2.45, 2.75) is 20.0 Å². The Morgan fingerprint density at radius 2 is 2.33 bits per heavy atom. The maximum Gasteiger partial charge on any atom is 0.0481 e. The predicted molar refractivity (Wildman–Crippen MR) is 65.2 cm³/mol. The summed E-state index contributed by atoms with van der Waals surface area (Å²) in [4.78, 5) is 0. The van der Waals surface area contributed by atoms with E-state index >= 15 is 0 Å². The van der Waals surface area contributed by atoms with Crippen molar-refractivity contribution in [3.8, 4) is 0 Å². The van der Waals surface area contributed by atoms with E-state index in [0.717, 1.165) is 19.6 Å². The van der Waals surface area contributed by atoms with Crippen LogP contribution in [0, 0.1) is 0 Å². The molecule has 0 fully saturated rings. The second kappa shape index (κ2) is 5.14. The van der Waals surface area contributed by atoms with Crippen LogP contribution in [-0.2, 0) is 13.1 Å². The average molecular weight is 220 g/mol. The number of hydrogen-bond acceptors (Lipinski definition) is 2. The van der Waals surface area contributed by atoms with Crippen molar-refractivity contribution < 1.29 is 0 Å². The Kier molecular flexibility index (Phi) is 3.59. The number of aromatic nitrogens is 1. The Morgan fingerprint density at radius 1 is 1.40 bits per heavy atom. The summed E-state index contributed by atoms with van der Waals surface area (Å²) in [6.07, 6.45) is 2.14. The molecule has 2 nitrogen and oxygen atoms in total. The highest BCUT2D eigenvalue weighted by Crippen LogP contribution is 2.10. The summed E-state index contributed by atoms with van der Waals surface area (Å²) in [5, 5.41) is 7.69. The third-order valence-electron chi connectivity index (χ3n) is 2.41. The van der Waals surface area contributed by atoms with E-state index < -0.39 is 0 Å². The van der Waals surface area contributed by atoms with Gasteiger partial charge >= 0.3 is 0 Å². The summed E-state index contributed by atoms with van der Waals surface area (Å²) in [6, 6.07) is 6.47. The largest absolute Gasteiger partial charge is 0.346 e. The quantitative estimate of drug-likeness (QED) is 0.820. The second-order valence-corrected chi connectivity index (χ2v) is 4.32. The first-order valence-electron chi connectivity index (χ1n) is 5.26. The van der Waals surface area contributed by atoms with Crippen molar-refractivity contribution >= 4 is 11.3 Å². The Hall–Kier alpha value is -1.06. The fraction of sp³-hybridized carbons (Fsp3) is 0.333. The molecule has 2 heterocycles. The Labute approximate surface area is 94.6 Å². The fourth-order valence-corrected chi connectivity index (χ4v) is 2.26. The molecule has 0 amide bonds. The van der Waals surface area contributed by atoms with E-state index in [-0.39, 0.29) is 0 Å². The van der Waals surface area contributed by atoms with Crippen molar-refractivity contribution in [3.05, 3.63) is 46.4 Å². The SMILES string of the molecule is CCNCc1cccn1Cc1ccsc1. The molecule has 0 saturated heterocycles. The first-order valence-corrected chi connectivity index (χ1v) is 6.20. The summed E-state index contributed by atoms with van der Waals surface area (Å²) in [5.41, 5.74) is 2.73. The number of hydrogen-bond donors (Lipinski definition) is 1. The average Bonchev–Trinajstić information content (AvgIpc) is 2.87. The van der Waals surface area contributed by atoms with E-state index in [1.54, 1.807) is 11.3 Å². The minimum absolute atomic E-state index is 0.952. The highest BCUT2D eigenvalue weighted by atomic mass is 32.1. The van der Waals surface area contributed by atoms with Crippen LogP contribution in [-0.4, -0.2) is 11.1 Å². The third kappa shape index (κ3) is 2.70. The normalized spacial score (nSPS) is 10.7. The van der Waals surface area contributed by atoms with Crippen molar-refractivity contribution in [1.82, 2.24) is 9.88 Å². The summed E-state index contributed by atoms with van der Waals surface area (Å²) in [6.45, 7) is 5.08. The lowest BCUT2D eigenvalue weighted by Crippen LogP contribution is -2.15. The van der Waals surface area contributed by atoms with Crippen LogP contribution in [0.15, 0.2) is 35.2 Å². The van der Waals surface area contributed by atoms with Crippen LogP contribution < -0.4 is 5.32 Å². The molecule has 2 aromatic rings. The third-order valence-corrected chi connectivity index (χ3v) is 3.14. The van der Waals surface area contributed by atoms with Crippen LogP contribution in [0.4, 0.5) is 0 Å². The van der Waals surface area contributed by atoms with Crippen molar-refractivity contribution in [2.75, 3.05) is 6.54 Å². The van der Waals surface area contributed by atoms with Crippen molar-refractivity contribution in [3.63, 3.8) is 0 Å². The molecule has 15 heavy (non-hydrogen) atoms. The number of thiophene rings is 1. The minimum Gasteiger partial charge on any atom is -0.346 e. The molecule has 1 N–H and O–H groups in total. The van der Waals surface area contributed by atoms with Crippen molar-refractivity contribution in [2.24, 2.45) is 0 Å². The van der Waals surface area contributed by atoms with E-state index in [9.17, 15) is 0 Å². The molecular formula is C12H16N2S. The molecule has 0 aliphatic carbocycles. The van der Waals surface area contributed by atoms with Crippen LogP contribution in [0.3, 0.4) is 0 Å². The molecule has 0 spiro atoms. The lowest BCUT2D eigenvalue weighted by atomic mass is 10.3. The molecule has 0 bridgehead atoms. The lowest BCUT2D eigenvalue weighted by Gasteiger charge is -2.08. The van der Waals surface area contributed by atoms with Gasteiger partial charge in [0.05, 0.1) is 0 Å². The predicted octanol–water partition coefficient (Wildman–Crippen LogP) is 2.71. The van der Waals surface area contributed by atoms with Crippen LogP contribution in [0.2, 0.25) is 0 Å². The Bertz CT molecular complexity index is 389. The maximum atomic E-state index is 3.35. The van der Waals surface area contributed by atoms with Gasteiger partial charge < -0.3 is 9.88 Å². The number of rotatable bonds is 5. The lowest BCUT2D eigenvalue weighted by molar-refractivity contribution is 0.658. The van der Waals surface area contributed by atoms with Crippen LogP contribution in [0.1, 0.15) is 18.2 Å². The van der Waals surface area contributed by atoms with Gasteiger partial charge in [-0.25, -0.2) is 0 Å². The zero-order valence-corrected chi connectivity index (χ0v) is 9.76. The van der Waals surface area contributed by atoms with Gasteiger partial charge in [-0.05, 0) is 41.1 Å². The second-order valence-electron chi connectivity index (χ2n) is 3.54. The van der Waals surface area contributed by atoms with Gasteiger partial charge in [0.25, 0.3) is 0 Å². The van der Waals surface area contributed by atoms with E-state index in [1.807, 2.05) is 0 Å². The van der Waals surface area contributed by atoms with Gasteiger partial charge in [0.2, 0.25) is 0 Å². The highest BCUT2D eigenvalue weighted by molar-refractivity contribution is 7.07. The zero-order chi connectivity index (χ0) is 10.5. The first-order chi connectivity index (χ1) is 7.40. The van der Waals surface area contributed by atoms with Crippen LogP contribution in [0.5, 0.6) is 0 Å². The molecule has 2 aromatic heterocycles. The molecule has 0 saturated carbocycles. The van der Waals surface area contributed by atoms with Gasteiger partial charge in [-0.15, -0.1) is 0 Å². The summed E-state index contributed by atoms with van der Waals surface area (Å²) in [7, 11) is 0. The molecule has 0 aliphatic rings. The molecule has 2 rings (SSSR count). The molecule has 0 aromatic carbocycles. The molecule has 0 radical (unpaired) electrons. The molecule has 3 heteroatoms. The molecular weight excluding hydrogens is 204 g/mol. The summed E-state index contributed by atoms with van der Waals surface area (Å²) in [5.74, 6) is 0. The molecule has 0 unspecified atom stereocenters. The molecule has 0 aliphatic heterocycles. The van der Waals surface area contributed by atoms with Gasteiger partial charge in [-0.1, -0.05) is 6.92 Å². The molecule has 80 valence electrons. The number of nitrogens with zero attached hydrogens (tertiary/aromatic N) is 1. The minimum atomic E-state index is 0.952. The summed E-state index contributed by atoms with van der Waals surface area (Å²) < 4.78 is 2.30. The smallest absolute Gasteiger partial charge is 0.0481 e. The van der Waals surface area contributed by atoms with E-state index in [4.69, 9.17) is 0 Å². The van der Waals surface area contributed by atoms with E-state index in [1.165, 1.54) is 11.3 Å². The van der Waals surface area contributed by atoms with Gasteiger partial charge in [0.1, 0.15) is 0 Å². The van der Waals surface area contributed by atoms with Crippen LogP contribution in [0.25, 0.3) is 0 Å². The van der Waals surface area contributed by atoms with Gasteiger partial charge in [-0.2, -0.15) is 11.3 Å². The van der Waals surface area contributed by atoms with Crippen LogP contribution >= 0.6 is 11.3 Å². The number of nitrogens with one attached hydrogen (secondary N) is 1. The van der Waals surface area contributed by atoms with Gasteiger partial charge in [-0.3, -0.25) is 0 Å². The Balaban J connectivity index is 2.04. The Morgan fingerprint density at radius 3 is 3.07 bits per heavy atom. The van der Waals surface area contributed by atoms with E-state index in [2.05, 4.69) is 52.0 Å². The van der Waals surface area contributed by atoms with E-state index in [0.29, 0.717) is 0 Å². The monoisotopic (exact) mass is 220 g/mol. The zero-order valence-electron chi connectivity index (χ0n) is 8.94. The highest BCUT2D eigenvalue weighted by Gasteiger charge is 2.01. The van der Waals surface area contributed by atoms with Gasteiger partial charge in [0, 0.05) is 25.0 Å². The molecule has 0 atom stereocenters. The topological polar surface area (TPSA) is 17.0 Å².